The molecule has 1 atom stereocenters. The lowest BCUT2D eigenvalue weighted by molar-refractivity contribution is -0.121. The van der Waals surface area contributed by atoms with E-state index in [0.717, 1.165) is 31.9 Å². The molecule has 2 heterocycles. The predicted octanol–water partition coefficient (Wildman–Crippen LogP) is 0.277. The molecular weight excluding hydrogens is 282 g/mol. The van der Waals surface area contributed by atoms with Crippen molar-refractivity contribution in [2.75, 3.05) is 18.0 Å². The van der Waals surface area contributed by atoms with Crippen LogP contribution in [0, 0.1) is 12.3 Å². The van der Waals surface area contributed by atoms with Gasteiger partial charge in [-0.2, -0.15) is 0 Å². The number of hydrogen-bond acceptors (Lipinski definition) is 5. The molecule has 1 radical (unpaired) electrons. The fourth-order valence-corrected chi connectivity index (χ4v) is 2.34. The van der Waals surface area contributed by atoms with Gasteiger partial charge in [-0.05, 0) is 25.3 Å². The lowest BCUT2D eigenvalue weighted by atomic mass is 10.0. The quantitative estimate of drug-likeness (QED) is 0.786. The topological polar surface area (TPSA) is 101 Å². The van der Waals surface area contributed by atoms with Gasteiger partial charge < -0.3 is 16.0 Å². The van der Waals surface area contributed by atoms with Crippen molar-refractivity contribution in [1.82, 2.24) is 15.3 Å². The summed E-state index contributed by atoms with van der Waals surface area (Å²) in [5.74, 6) is -0.111. The molecule has 1 aliphatic rings. The summed E-state index contributed by atoms with van der Waals surface area (Å²) in [4.78, 5) is 33.3. The maximum absolute atomic E-state index is 11.8. The van der Waals surface area contributed by atoms with Crippen LogP contribution in [0.2, 0.25) is 0 Å². The third-order valence-corrected chi connectivity index (χ3v) is 3.82. The predicted molar refractivity (Wildman–Crippen MR) is 82.7 cm³/mol. The zero-order valence-corrected chi connectivity index (χ0v) is 12.7. The van der Waals surface area contributed by atoms with Gasteiger partial charge in [0.1, 0.15) is 0 Å². The zero-order chi connectivity index (χ0) is 15.9. The monoisotopic (exact) mass is 304 g/mol. The fraction of sp³-hybridized carbons (Fsp3) is 0.533. The second kappa shape index (κ2) is 7.72. The zero-order valence-electron chi connectivity index (χ0n) is 12.7. The number of primary amides is 1. The number of aromatic nitrogens is 2. The van der Waals surface area contributed by atoms with E-state index in [1.807, 2.05) is 0 Å². The lowest BCUT2D eigenvalue weighted by Crippen LogP contribution is -2.45. The van der Waals surface area contributed by atoms with E-state index in [-0.39, 0.29) is 23.8 Å². The maximum Gasteiger partial charge on any atom is 0.225 e. The van der Waals surface area contributed by atoms with Gasteiger partial charge >= 0.3 is 0 Å². The van der Waals surface area contributed by atoms with Crippen LogP contribution in [0.1, 0.15) is 26.2 Å². The summed E-state index contributed by atoms with van der Waals surface area (Å²) in [6.45, 7) is 3.34. The molecule has 7 heteroatoms. The van der Waals surface area contributed by atoms with Crippen molar-refractivity contribution in [3.8, 4) is 0 Å². The minimum atomic E-state index is -0.389. The van der Waals surface area contributed by atoms with Crippen LogP contribution in [-0.2, 0) is 9.59 Å². The Morgan fingerprint density at radius 2 is 2.05 bits per heavy atom. The van der Waals surface area contributed by atoms with Crippen LogP contribution in [0.15, 0.2) is 18.5 Å². The fourth-order valence-electron chi connectivity index (χ4n) is 2.34. The average Bonchev–Trinajstić information content (AvgIpc) is 2.54. The molecule has 119 valence electrons. The molecule has 7 nitrogen and oxygen atoms in total. The Balaban J connectivity index is 1.71. The number of piperidine rings is 1. The molecule has 0 spiro atoms. The summed E-state index contributed by atoms with van der Waals surface area (Å²) in [5.41, 5.74) is 5.17. The third-order valence-electron chi connectivity index (χ3n) is 3.82. The maximum atomic E-state index is 11.8. The van der Waals surface area contributed by atoms with E-state index in [9.17, 15) is 9.59 Å². The SMILES string of the molecule is C[C@@H](C[CH]C(=O)NC1CCN(c2ncccn2)CC1)C(N)=O. The Hall–Kier alpha value is -2.18. The number of nitrogens with two attached hydrogens (primary N) is 1. The van der Waals surface area contributed by atoms with Crippen LogP contribution in [0.4, 0.5) is 5.95 Å². The van der Waals surface area contributed by atoms with Gasteiger partial charge in [-0.1, -0.05) is 6.92 Å². The smallest absolute Gasteiger partial charge is 0.225 e. The molecule has 1 saturated heterocycles. The Bertz CT molecular complexity index is 500. The molecule has 1 fully saturated rings. The molecule has 0 unspecified atom stereocenters. The molecule has 0 bridgehead atoms. The number of amides is 2. The number of nitrogens with one attached hydrogen (secondary N) is 1. The van der Waals surface area contributed by atoms with Crippen molar-refractivity contribution in [2.45, 2.75) is 32.2 Å². The van der Waals surface area contributed by atoms with Crippen molar-refractivity contribution < 1.29 is 9.59 Å². The van der Waals surface area contributed by atoms with Crippen LogP contribution in [0.5, 0.6) is 0 Å². The standard InChI is InChI=1S/C15H22N5O2/c1-11(14(16)22)3-4-13(21)19-12-5-9-20(10-6-12)15-17-7-2-8-18-15/h2,4,7-8,11-12H,3,5-6,9-10H2,1H3,(H2,16,22)(H,19,21)/t11-/m0/s1. The van der Waals surface area contributed by atoms with Crippen molar-refractivity contribution in [1.29, 1.82) is 0 Å². The first kappa shape index (κ1) is 16.2. The van der Waals surface area contributed by atoms with Gasteiger partial charge in [0.2, 0.25) is 17.8 Å². The van der Waals surface area contributed by atoms with Crippen molar-refractivity contribution >= 4 is 17.8 Å². The number of rotatable bonds is 6. The van der Waals surface area contributed by atoms with Crippen LogP contribution >= 0.6 is 0 Å². The van der Waals surface area contributed by atoms with Crippen molar-refractivity contribution in [3.63, 3.8) is 0 Å². The van der Waals surface area contributed by atoms with E-state index in [0.29, 0.717) is 6.42 Å². The van der Waals surface area contributed by atoms with Crippen molar-refractivity contribution in [3.05, 3.63) is 24.9 Å². The first-order chi connectivity index (χ1) is 10.6. The van der Waals surface area contributed by atoms with E-state index >= 15 is 0 Å². The molecule has 1 aromatic rings. The molecular formula is C15H22N5O2. The average molecular weight is 304 g/mol. The second-order valence-corrected chi connectivity index (χ2v) is 5.56. The van der Waals surface area contributed by atoms with E-state index < -0.39 is 0 Å². The van der Waals surface area contributed by atoms with Gasteiger partial charge in [0.15, 0.2) is 0 Å². The molecule has 3 N–H and O–H groups in total. The lowest BCUT2D eigenvalue weighted by Gasteiger charge is -2.32. The minimum absolute atomic E-state index is 0.137. The Morgan fingerprint density at radius 3 is 2.64 bits per heavy atom. The second-order valence-electron chi connectivity index (χ2n) is 5.56. The van der Waals surface area contributed by atoms with E-state index in [4.69, 9.17) is 5.73 Å². The summed E-state index contributed by atoms with van der Waals surface area (Å²) in [6.07, 6.45) is 7.03. The van der Waals surface area contributed by atoms with Crippen molar-refractivity contribution in [2.24, 2.45) is 11.7 Å². The molecule has 0 aliphatic carbocycles. The number of hydrogen-bond donors (Lipinski definition) is 2. The van der Waals surface area contributed by atoms with Crippen LogP contribution in [-0.4, -0.2) is 40.9 Å². The highest BCUT2D eigenvalue weighted by Crippen LogP contribution is 2.15. The molecule has 1 aromatic heterocycles. The first-order valence-corrected chi connectivity index (χ1v) is 7.51. The number of anilines is 1. The van der Waals surface area contributed by atoms with Gasteiger partial charge in [0.25, 0.3) is 0 Å². The largest absolute Gasteiger partial charge is 0.369 e. The van der Waals surface area contributed by atoms with E-state index in [2.05, 4.69) is 20.2 Å². The van der Waals surface area contributed by atoms with Crippen LogP contribution < -0.4 is 16.0 Å². The Labute approximate surface area is 130 Å². The molecule has 22 heavy (non-hydrogen) atoms. The van der Waals surface area contributed by atoms with Crippen LogP contribution in [0.25, 0.3) is 0 Å². The molecule has 2 rings (SSSR count). The Morgan fingerprint density at radius 1 is 1.41 bits per heavy atom. The highest BCUT2D eigenvalue weighted by molar-refractivity contribution is 5.86. The van der Waals surface area contributed by atoms with E-state index in [1.165, 1.54) is 6.42 Å². The summed E-state index contributed by atoms with van der Waals surface area (Å²) in [5, 5.41) is 2.97. The molecule has 0 saturated carbocycles. The third kappa shape index (κ3) is 4.68. The molecule has 1 aliphatic heterocycles. The summed E-state index contributed by atoms with van der Waals surface area (Å²) >= 11 is 0. The summed E-state index contributed by atoms with van der Waals surface area (Å²) in [7, 11) is 0. The first-order valence-electron chi connectivity index (χ1n) is 7.51. The minimum Gasteiger partial charge on any atom is -0.369 e. The number of nitrogens with zero attached hydrogens (tertiary/aromatic N) is 3. The number of carbonyl (C=O) groups is 2. The van der Waals surface area contributed by atoms with E-state index in [1.54, 1.807) is 25.4 Å². The van der Waals surface area contributed by atoms with Gasteiger partial charge in [0, 0.05) is 37.4 Å². The van der Waals surface area contributed by atoms with Gasteiger partial charge in [-0.15, -0.1) is 0 Å². The molecule has 2 amide bonds. The molecule has 0 aromatic carbocycles. The summed E-state index contributed by atoms with van der Waals surface area (Å²) < 4.78 is 0. The van der Waals surface area contributed by atoms with Gasteiger partial charge in [0.05, 0.1) is 6.42 Å². The highest BCUT2D eigenvalue weighted by Gasteiger charge is 2.22. The normalized spacial score (nSPS) is 17.0. The van der Waals surface area contributed by atoms with Crippen LogP contribution in [0.3, 0.4) is 0 Å². The van der Waals surface area contributed by atoms with Gasteiger partial charge in [-0.3, -0.25) is 9.59 Å². The number of carbonyl (C=O) groups excluding carboxylic acids is 2. The highest BCUT2D eigenvalue weighted by atomic mass is 16.2. The van der Waals surface area contributed by atoms with Gasteiger partial charge in [-0.25, -0.2) is 9.97 Å². The Kier molecular flexibility index (Phi) is 5.68. The summed E-state index contributed by atoms with van der Waals surface area (Å²) in [6, 6.07) is 1.94.